The Morgan fingerprint density at radius 3 is 2.06 bits per heavy atom. The molecule has 0 fully saturated rings. The monoisotopic (exact) mass is 456 g/mol. The molecule has 2 amide bonds. The molecule has 0 unspecified atom stereocenters. The number of esters is 1. The number of ether oxygens (including phenoxy) is 1. The topological polar surface area (TPSA) is 122 Å². The zero-order chi connectivity index (χ0) is 23.1. The molecule has 0 bridgehead atoms. The minimum Gasteiger partial charge on any atom is -0.481 e. The molecule has 3 rings (SSSR count). The summed E-state index contributed by atoms with van der Waals surface area (Å²) in [6.45, 7) is -0.467. The number of benzene rings is 2. The van der Waals surface area contributed by atoms with Crippen LogP contribution in [0.4, 0.5) is 11.4 Å². The molecule has 0 aliphatic heterocycles. The number of carbonyl (C=O) groups is 4. The molecule has 8 nitrogen and oxygen atoms in total. The van der Waals surface area contributed by atoms with Gasteiger partial charge in [0, 0.05) is 16.4 Å². The van der Waals surface area contributed by atoms with Gasteiger partial charge in [0.15, 0.2) is 6.61 Å². The zero-order valence-electron chi connectivity index (χ0n) is 16.9. The predicted molar refractivity (Wildman–Crippen MR) is 118 cm³/mol. The lowest BCUT2D eigenvalue weighted by Gasteiger charge is -2.24. The van der Waals surface area contributed by atoms with Crippen LogP contribution in [0, 0.1) is 11.8 Å². The Bertz CT molecular complexity index is 1030. The molecule has 0 spiro atoms. The Labute approximate surface area is 189 Å². The van der Waals surface area contributed by atoms with E-state index in [-0.39, 0.29) is 5.56 Å². The molecular formula is C23H21ClN2O6. The van der Waals surface area contributed by atoms with Crippen LogP contribution in [0.1, 0.15) is 23.2 Å². The van der Waals surface area contributed by atoms with E-state index in [0.29, 0.717) is 29.2 Å². The van der Waals surface area contributed by atoms with Gasteiger partial charge in [-0.1, -0.05) is 23.8 Å². The van der Waals surface area contributed by atoms with Crippen molar-refractivity contribution >= 4 is 46.7 Å². The largest absolute Gasteiger partial charge is 0.481 e. The van der Waals surface area contributed by atoms with E-state index in [1.54, 1.807) is 36.4 Å². The van der Waals surface area contributed by atoms with Crippen molar-refractivity contribution in [3.8, 4) is 0 Å². The molecular weight excluding hydrogens is 436 g/mol. The summed E-state index contributed by atoms with van der Waals surface area (Å²) in [7, 11) is 0. The van der Waals surface area contributed by atoms with E-state index in [4.69, 9.17) is 16.3 Å². The number of anilines is 2. The minimum absolute atomic E-state index is 0.200. The van der Waals surface area contributed by atoms with E-state index in [1.165, 1.54) is 24.3 Å². The van der Waals surface area contributed by atoms with Crippen LogP contribution in [0.15, 0.2) is 60.7 Å². The van der Waals surface area contributed by atoms with E-state index in [1.807, 2.05) is 0 Å². The maximum atomic E-state index is 12.5. The van der Waals surface area contributed by atoms with Crippen LogP contribution in [0.2, 0.25) is 5.02 Å². The lowest BCUT2D eigenvalue weighted by atomic mass is 9.82. The number of allylic oxidation sites excluding steroid dienone is 2. The number of amides is 2. The summed E-state index contributed by atoms with van der Waals surface area (Å²) >= 11 is 5.78. The van der Waals surface area contributed by atoms with Gasteiger partial charge in [0.2, 0.25) is 5.91 Å². The minimum atomic E-state index is -1.01. The van der Waals surface area contributed by atoms with Crippen LogP contribution >= 0.6 is 11.6 Å². The third-order valence-corrected chi connectivity index (χ3v) is 5.19. The highest BCUT2D eigenvalue weighted by Crippen LogP contribution is 2.27. The van der Waals surface area contributed by atoms with Crippen molar-refractivity contribution in [1.29, 1.82) is 0 Å². The smallest absolute Gasteiger partial charge is 0.338 e. The lowest BCUT2D eigenvalue weighted by Crippen LogP contribution is -2.34. The molecule has 2 atom stereocenters. The molecule has 2 aromatic carbocycles. The molecule has 0 aromatic heterocycles. The fraction of sp³-hybridized carbons (Fsp3) is 0.217. The van der Waals surface area contributed by atoms with Crippen LogP contribution in [-0.2, 0) is 19.1 Å². The third kappa shape index (κ3) is 6.18. The molecule has 3 N–H and O–H groups in total. The van der Waals surface area contributed by atoms with Gasteiger partial charge in [-0.2, -0.15) is 0 Å². The molecule has 0 saturated carbocycles. The van der Waals surface area contributed by atoms with Gasteiger partial charge in [-0.05, 0) is 61.4 Å². The number of aliphatic carboxylic acids is 1. The Morgan fingerprint density at radius 2 is 1.44 bits per heavy atom. The number of carboxylic acid groups (broad SMARTS) is 1. The SMILES string of the molecule is O=C(COC(=O)c1ccc(NC(=O)[C@@H]2CC=CC[C@@H]2C(=O)O)cc1)Nc1ccc(Cl)cc1. The summed E-state index contributed by atoms with van der Waals surface area (Å²) in [6, 6.07) is 12.4. The lowest BCUT2D eigenvalue weighted by molar-refractivity contribution is -0.146. The first kappa shape index (κ1) is 23.0. The highest BCUT2D eigenvalue weighted by molar-refractivity contribution is 6.30. The van der Waals surface area contributed by atoms with Gasteiger partial charge in [-0.15, -0.1) is 0 Å². The summed E-state index contributed by atoms with van der Waals surface area (Å²) < 4.78 is 5.01. The van der Waals surface area contributed by atoms with Crippen molar-refractivity contribution in [2.75, 3.05) is 17.2 Å². The van der Waals surface area contributed by atoms with Gasteiger partial charge in [-0.25, -0.2) is 4.79 Å². The quantitative estimate of drug-likeness (QED) is 0.431. The zero-order valence-corrected chi connectivity index (χ0v) is 17.7. The fourth-order valence-electron chi connectivity index (χ4n) is 3.25. The number of carboxylic acids is 1. The summed E-state index contributed by atoms with van der Waals surface area (Å²) in [5.74, 6) is -4.03. The van der Waals surface area contributed by atoms with Crippen molar-refractivity contribution in [3.05, 3.63) is 71.3 Å². The summed E-state index contributed by atoms with van der Waals surface area (Å²) in [4.78, 5) is 47.9. The van der Waals surface area contributed by atoms with Crippen molar-refractivity contribution in [3.63, 3.8) is 0 Å². The first-order valence-electron chi connectivity index (χ1n) is 9.85. The Kier molecular flexibility index (Phi) is 7.62. The highest BCUT2D eigenvalue weighted by atomic mass is 35.5. The average molecular weight is 457 g/mol. The second kappa shape index (κ2) is 10.6. The number of carbonyl (C=O) groups excluding carboxylic acids is 3. The molecule has 9 heteroatoms. The normalized spacial score (nSPS) is 17.3. The van der Waals surface area contributed by atoms with Crippen LogP contribution in [0.5, 0.6) is 0 Å². The Morgan fingerprint density at radius 1 is 0.875 bits per heavy atom. The van der Waals surface area contributed by atoms with Gasteiger partial charge in [0.1, 0.15) is 0 Å². The van der Waals surface area contributed by atoms with Crippen LogP contribution in [-0.4, -0.2) is 35.5 Å². The maximum absolute atomic E-state index is 12.5. The van der Waals surface area contributed by atoms with E-state index in [9.17, 15) is 24.3 Å². The first-order valence-corrected chi connectivity index (χ1v) is 10.2. The van der Waals surface area contributed by atoms with E-state index < -0.39 is 42.2 Å². The van der Waals surface area contributed by atoms with E-state index in [2.05, 4.69) is 10.6 Å². The van der Waals surface area contributed by atoms with Gasteiger partial charge >= 0.3 is 11.9 Å². The predicted octanol–water partition coefficient (Wildman–Crippen LogP) is 3.74. The second-order valence-electron chi connectivity index (χ2n) is 7.19. The van der Waals surface area contributed by atoms with Crippen molar-refractivity contribution < 1.29 is 29.0 Å². The van der Waals surface area contributed by atoms with Gasteiger partial charge < -0.3 is 20.5 Å². The molecule has 166 valence electrons. The van der Waals surface area contributed by atoms with Gasteiger partial charge in [-0.3, -0.25) is 14.4 Å². The van der Waals surface area contributed by atoms with Crippen LogP contribution in [0.25, 0.3) is 0 Å². The summed E-state index contributed by atoms with van der Waals surface area (Å²) in [5, 5.41) is 15.1. The van der Waals surface area contributed by atoms with Crippen molar-refractivity contribution in [2.45, 2.75) is 12.8 Å². The summed E-state index contributed by atoms with van der Waals surface area (Å²) in [5.41, 5.74) is 1.14. The second-order valence-corrected chi connectivity index (χ2v) is 7.63. The van der Waals surface area contributed by atoms with E-state index >= 15 is 0 Å². The molecule has 1 aliphatic carbocycles. The molecule has 32 heavy (non-hydrogen) atoms. The number of rotatable bonds is 7. The highest BCUT2D eigenvalue weighted by Gasteiger charge is 2.33. The van der Waals surface area contributed by atoms with E-state index in [0.717, 1.165) is 0 Å². The molecule has 0 heterocycles. The Hall–Kier alpha value is -3.65. The van der Waals surface area contributed by atoms with Gasteiger partial charge in [0.05, 0.1) is 17.4 Å². The number of hydrogen-bond donors (Lipinski definition) is 3. The van der Waals surface area contributed by atoms with Crippen LogP contribution < -0.4 is 10.6 Å². The maximum Gasteiger partial charge on any atom is 0.338 e. The molecule has 1 aliphatic rings. The van der Waals surface area contributed by atoms with Crippen molar-refractivity contribution in [1.82, 2.24) is 0 Å². The average Bonchev–Trinajstić information content (AvgIpc) is 2.79. The summed E-state index contributed by atoms with van der Waals surface area (Å²) in [6.07, 6.45) is 4.22. The fourth-order valence-corrected chi connectivity index (χ4v) is 3.37. The van der Waals surface area contributed by atoms with Crippen molar-refractivity contribution in [2.24, 2.45) is 11.8 Å². The number of hydrogen-bond acceptors (Lipinski definition) is 5. The number of nitrogens with one attached hydrogen (secondary N) is 2. The molecule has 2 aromatic rings. The molecule has 0 radical (unpaired) electrons. The van der Waals surface area contributed by atoms with Gasteiger partial charge in [0.25, 0.3) is 5.91 Å². The van der Waals surface area contributed by atoms with Crippen LogP contribution in [0.3, 0.4) is 0 Å². The Balaban J connectivity index is 1.51. The first-order chi connectivity index (χ1) is 15.3. The number of halogens is 1. The third-order valence-electron chi connectivity index (χ3n) is 4.94. The molecule has 0 saturated heterocycles. The standard InChI is InChI=1S/C23H21ClN2O6/c24-15-7-11-16(12-8-15)25-20(27)13-32-23(31)14-5-9-17(10-6-14)26-21(28)18-3-1-2-4-19(18)22(29)30/h1-2,5-12,18-19H,3-4,13H2,(H,25,27)(H,26,28)(H,29,30)/t18-,19+/m1/s1.